The van der Waals surface area contributed by atoms with Crippen LogP contribution in [0.25, 0.3) is 0 Å². The molecule has 4 heteroatoms. The van der Waals surface area contributed by atoms with Crippen LogP contribution in [-0.4, -0.2) is 29.7 Å². The van der Waals surface area contributed by atoms with Gasteiger partial charge in [-0.05, 0) is 6.42 Å². The Morgan fingerprint density at radius 1 is 1.78 bits per heavy atom. The second-order valence-electron chi connectivity index (χ2n) is 1.98. The van der Waals surface area contributed by atoms with Crippen molar-refractivity contribution in [3.05, 3.63) is 0 Å². The van der Waals surface area contributed by atoms with Crippen molar-refractivity contribution < 1.29 is 9.90 Å². The van der Waals surface area contributed by atoms with Crippen molar-refractivity contribution in [3.63, 3.8) is 0 Å². The van der Waals surface area contributed by atoms with E-state index in [1.54, 1.807) is 7.05 Å². The molecule has 4 nitrogen and oxygen atoms in total. The van der Waals surface area contributed by atoms with E-state index >= 15 is 0 Å². The van der Waals surface area contributed by atoms with Crippen LogP contribution in [0.4, 0.5) is 0 Å². The molecule has 0 unspecified atom stereocenters. The molecule has 54 valence electrons. The number of nitrogens with two attached hydrogens (primary N) is 1. The first-order valence-corrected chi connectivity index (χ1v) is 2.80. The van der Waals surface area contributed by atoms with Crippen LogP contribution in [0.1, 0.15) is 12.8 Å². The molecule has 0 atom stereocenters. The van der Waals surface area contributed by atoms with Gasteiger partial charge in [0.15, 0.2) is 0 Å². The molecule has 0 aliphatic heterocycles. The Bertz CT molecular complexity index is 93.0. The van der Waals surface area contributed by atoms with Gasteiger partial charge in [-0.2, -0.15) is 0 Å². The SMILES string of the molecule is CN(N)CCCC(=O)O. The minimum Gasteiger partial charge on any atom is -0.481 e. The number of rotatable bonds is 4. The Labute approximate surface area is 54.2 Å². The summed E-state index contributed by atoms with van der Waals surface area (Å²) in [7, 11) is 1.71. The summed E-state index contributed by atoms with van der Waals surface area (Å²) in [6.07, 6.45) is 0.809. The molecule has 0 aliphatic carbocycles. The standard InChI is InChI=1S/C5H12N2O2/c1-7(6)4-2-3-5(8)9/h2-4,6H2,1H3,(H,8,9). The number of nitrogens with zero attached hydrogens (tertiary/aromatic N) is 1. The van der Waals surface area contributed by atoms with Crippen molar-refractivity contribution in [3.8, 4) is 0 Å². The van der Waals surface area contributed by atoms with Crippen LogP contribution in [0.3, 0.4) is 0 Å². The van der Waals surface area contributed by atoms with Gasteiger partial charge in [-0.1, -0.05) is 0 Å². The average molecular weight is 132 g/mol. The first kappa shape index (κ1) is 8.39. The fraction of sp³-hybridized carbons (Fsp3) is 0.800. The van der Waals surface area contributed by atoms with E-state index in [2.05, 4.69) is 0 Å². The second-order valence-corrected chi connectivity index (χ2v) is 1.98. The van der Waals surface area contributed by atoms with Crippen molar-refractivity contribution in [1.82, 2.24) is 5.01 Å². The zero-order chi connectivity index (χ0) is 7.28. The Hall–Kier alpha value is -0.610. The molecule has 9 heavy (non-hydrogen) atoms. The van der Waals surface area contributed by atoms with Crippen LogP contribution in [0.2, 0.25) is 0 Å². The van der Waals surface area contributed by atoms with Crippen molar-refractivity contribution in [2.24, 2.45) is 5.84 Å². The van der Waals surface area contributed by atoms with E-state index in [0.717, 1.165) is 0 Å². The molecule has 0 rings (SSSR count). The predicted molar refractivity (Wildman–Crippen MR) is 33.7 cm³/mol. The lowest BCUT2D eigenvalue weighted by atomic mass is 10.3. The fourth-order valence-electron chi connectivity index (χ4n) is 0.480. The maximum absolute atomic E-state index is 9.92. The lowest BCUT2D eigenvalue weighted by molar-refractivity contribution is -0.137. The van der Waals surface area contributed by atoms with E-state index in [9.17, 15) is 4.79 Å². The summed E-state index contributed by atoms with van der Waals surface area (Å²) in [5.41, 5.74) is 0. The van der Waals surface area contributed by atoms with E-state index in [0.29, 0.717) is 13.0 Å². The fourth-order valence-corrected chi connectivity index (χ4v) is 0.480. The van der Waals surface area contributed by atoms with Crippen molar-refractivity contribution >= 4 is 5.97 Å². The van der Waals surface area contributed by atoms with Gasteiger partial charge < -0.3 is 5.11 Å². The molecule has 0 bridgehead atoms. The molecule has 0 aromatic carbocycles. The first-order valence-electron chi connectivity index (χ1n) is 2.80. The molecule has 0 heterocycles. The maximum Gasteiger partial charge on any atom is 0.303 e. The summed E-state index contributed by atoms with van der Waals surface area (Å²) in [6.45, 7) is 0.631. The number of carboxylic acids is 1. The molecule has 0 aromatic rings. The van der Waals surface area contributed by atoms with Gasteiger partial charge in [-0.15, -0.1) is 0 Å². The molecule has 0 saturated heterocycles. The number of hydrogen-bond donors (Lipinski definition) is 2. The predicted octanol–water partition coefficient (Wildman–Crippen LogP) is -0.343. The van der Waals surface area contributed by atoms with Crippen LogP contribution in [0.15, 0.2) is 0 Å². The largest absolute Gasteiger partial charge is 0.481 e. The van der Waals surface area contributed by atoms with Gasteiger partial charge in [0.2, 0.25) is 0 Å². The van der Waals surface area contributed by atoms with Crippen LogP contribution >= 0.6 is 0 Å². The van der Waals surface area contributed by atoms with Gasteiger partial charge in [-0.25, -0.2) is 0 Å². The zero-order valence-corrected chi connectivity index (χ0v) is 5.50. The summed E-state index contributed by atoms with van der Waals surface area (Å²) in [5, 5.41) is 9.64. The Morgan fingerprint density at radius 3 is 2.67 bits per heavy atom. The smallest absolute Gasteiger partial charge is 0.303 e. The quantitative estimate of drug-likeness (QED) is 0.405. The lowest BCUT2D eigenvalue weighted by Crippen LogP contribution is -2.27. The topological polar surface area (TPSA) is 66.6 Å². The number of hydrazine groups is 1. The highest BCUT2D eigenvalue weighted by Crippen LogP contribution is 1.87. The van der Waals surface area contributed by atoms with Crippen LogP contribution < -0.4 is 5.84 Å². The van der Waals surface area contributed by atoms with Gasteiger partial charge in [0.1, 0.15) is 0 Å². The van der Waals surface area contributed by atoms with Gasteiger partial charge in [-0.3, -0.25) is 15.6 Å². The van der Waals surface area contributed by atoms with Crippen molar-refractivity contribution in [1.29, 1.82) is 0 Å². The van der Waals surface area contributed by atoms with Crippen molar-refractivity contribution in [2.75, 3.05) is 13.6 Å². The normalized spacial score (nSPS) is 10.1. The summed E-state index contributed by atoms with van der Waals surface area (Å²) < 4.78 is 0. The van der Waals surface area contributed by atoms with Crippen LogP contribution in [-0.2, 0) is 4.79 Å². The zero-order valence-electron chi connectivity index (χ0n) is 5.50. The van der Waals surface area contributed by atoms with Gasteiger partial charge in [0.25, 0.3) is 0 Å². The van der Waals surface area contributed by atoms with E-state index in [1.807, 2.05) is 0 Å². The maximum atomic E-state index is 9.92. The summed E-state index contributed by atoms with van der Waals surface area (Å²) >= 11 is 0. The number of aliphatic carboxylic acids is 1. The van der Waals surface area contributed by atoms with Gasteiger partial charge >= 0.3 is 5.97 Å². The molecule has 0 aromatic heterocycles. The van der Waals surface area contributed by atoms with Gasteiger partial charge in [0.05, 0.1) is 0 Å². The highest BCUT2D eigenvalue weighted by Gasteiger charge is 1.96. The Kier molecular flexibility index (Phi) is 4.00. The third kappa shape index (κ3) is 7.39. The molecule has 0 spiro atoms. The molecule has 3 N–H and O–H groups in total. The molecule has 0 aliphatic rings. The molecular formula is C5H12N2O2. The highest BCUT2D eigenvalue weighted by molar-refractivity contribution is 5.66. The number of hydrogen-bond acceptors (Lipinski definition) is 3. The molecule has 0 radical (unpaired) electrons. The van der Waals surface area contributed by atoms with Crippen molar-refractivity contribution in [2.45, 2.75) is 12.8 Å². The summed E-state index contributed by atoms with van der Waals surface area (Å²) in [6, 6.07) is 0. The summed E-state index contributed by atoms with van der Waals surface area (Å²) in [4.78, 5) is 9.92. The molecular weight excluding hydrogens is 120 g/mol. The number of carbonyl (C=O) groups is 1. The first-order chi connectivity index (χ1) is 4.13. The van der Waals surface area contributed by atoms with E-state index in [1.165, 1.54) is 5.01 Å². The molecule has 0 saturated carbocycles. The van der Waals surface area contributed by atoms with Crippen LogP contribution in [0, 0.1) is 0 Å². The second kappa shape index (κ2) is 4.29. The Balaban J connectivity index is 3.01. The minimum absolute atomic E-state index is 0.196. The lowest BCUT2D eigenvalue weighted by Gasteiger charge is -2.06. The highest BCUT2D eigenvalue weighted by atomic mass is 16.4. The summed E-state index contributed by atoms with van der Waals surface area (Å²) in [5.74, 6) is 4.45. The third-order valence-corrected chi connectivity index (χ3v) is 0.901. The number of carboxylic acid groups (broad SMARTS) is 1. The molecule has 0 fully saturated rings. The Morgan fingerprint density at radius 2 is 2.33 bits per heavy atom. The third-order valence-electron chi connectivity index (χ3n) is 0.901. The molecule has 0 amide bonds. The van der Waals surface area contributed by atoms with E-state index in [4.69, 9.17) is 10.9 Å². The van der Waals surface area contributed by atoms with E-state index < -0.39 is 5.97 Å². The monoisotopic (exact) mass is 132 g/mol. The minimum atomic E-state index is -0.767. The van der Waals surface area contributed by atoms with Crippen LogP contribution in [0.5, 0.6) is 0 Å². The average Bonchev–Trinajstić information content (AvgIpc) is 1.63. The van der Waals surface area contributed by atoms with E-state index in [-0.39, 0.29) is 6.42 Å². The van der Waals surface area contributed by atoms with Gasteiger partial charge in [0, 0.05) is 20.0 Å².